The van der Waals surface area contributed by atoms with E-state index in [4.69, 9.17) is 0 Å². The highest BCUT2D eigenvalue weighted by Crippen LogP contribution is 2.01. The highest BCUT2D eigenvalue weighted by atomic mass is 16.2. The Morgan fingerprint density at radius 2 is 1.20 bits per heavy atom. The zero-order chi connectivity index (χ0) is 15.3. The minimum atomic E-state index is -2.00. The van der Waals surface area contributed by atoms with Gasteiger partial charge in [-0.1, -0.05) is 30.3 Å². The van der Waals surface area contributed by atoms with Crippen molar-refractivity contribution in [2.45, 2.75) is 0 Å². The maximum atomic E-state index is 11.6. The van der Waals surface area contributed by atoms with Crippen LogP contribution in [0.15, 0.2) is 30.3 Å². The number of ketones is 6. The second-order valence-electron chi connectivity index (χ2n) is 3.49. The quantitative estimate of drug-likeness (QED) is 0.268. The molecule has 0 saturated heterocycles. The van der Waals surface area contributed by atoms with Crippen LogP contribution in [0, 0.1) is 0 Å². The van der Waals surface area contributed by atoms with Gasteiger partial charge in [0.2, 0.25) is 5.78 Å². The van der Waals surface area contributed by atoms with Gasteiger partial charge in [0, 0.05) is 5.56 Å². The molecule has 20 heavy (non-hydrogen) atoms. The molecule has 0 heterocycles. The largest absolute Gasteiger partial charge is 0.294 e. The Morgan fingerprint density at radius 3 is 1.70 bits per heavy atom. The van der Waals surface area contributed by atoms with E-state index < -0.39 is 41.0 Å². The number of hydrogen-bond donors (Lipinski definition) is 0. The van der Waals surface area contributed by atoms with Crippen LogP contribution < -0.4 is 0 Å². The number of Topliss-reactive ketones (excluding diaryl/α,β-unsaturated/α-hetero) is 6. The molecule has 0 N–H and O–H groups in total. The summed E-state index contributed by atoms with van der Waals surface area (Å²) in [5.74, 6) is -10.7. The number of carbonyl (C=O) groups is 7. The standard InChI is InChI=1S/C13H6O7/c14-6-8(15)10(17)12(19)13(20)11(18)9(16)7-4-2-1-3-5-7/h1-6H. The molecule has 1 rings (SSSR count). The van der Waals surface area contributed by atoms with E-state index in [-0.39, 0.29) is 5.56 Å². The van der Waals surface area contributed by atoms with Crippen LogP contribution >= 0.6 is 0 Å². The fourth-order valence-electron chi connectivity index (χ4n) is 1.20. The highest BCUT2D eigenvalue weighted by molar-refractivity contribution is 6.95. The van der Waals surface area contributed by atoms with Crippen LogP contribution in [0.1, 0.15) is 10.4 Å². The second-order valence-corrected chi connectivity index (χ2v) is 3.49. The van der Waals surface area contributed by atoms with Gasteiger partial charge in [0.1, 0.15) is 0 Å². The number of aldehydes is 1. The minimum absolute atomic E-state index is 0.146. The molecule has 0 saturated carbocycles. The molecule has 1 aromatic carbocycles. The van der Waals surface area contributed by atoms with Crippen LogP contribution in [-0.4, -0.2) is 41.0 Å². The van der Waals surface area contributed by atoms with Crippen molar-refractivity contribution >= 4 is 41.0 Å². The Bertz CT molecular complexity index is 640. The topological polar surface area (TPSA) is 119 Å². The molecule has 0 fully saturated rings. The van der Waals surface area contributed by atoms with E-state index >= 15 is 0 Å². The molecular formula is C13H6O7. The van der Waals surface area contributed by atoms with Crippen molar-refractivity contribution < 1.29 is 33.6 Å². The summed E-state index contributed by atoms with van der Waals surface area (Å²) in [5, 5.41) is 0. The molecule has 0 unspecified atom stereocenters. The van der Waals surface area contributed by atoms with E-state index in [0.717, 1.165) is 0 Å². The Hall–Kier alpha value is -3.09. The van der Waals surface area contributed by atoms with Crippen LogP contribution in [0.5, 0.6) is 0 Å². The molecule has 0 aromatic heterocycles. The van der Waals surface area contributed by atoms with Crippen LogP contribution in [0.4, 0.5) is 0 Å². The van der Waals surface area contributed by atoms with E-state index in [0.29, 0.717) is 0 Å². The maximum absolute atomic E-state index is 11.6. The van der Waals surface area contributed by atoms with Crippen molar-refractivity contribution in [3.05, 3.63) is 35.9 Å². The summed E-state index contributed by atoms with van der Waals surface area (Å²) < 4.78 is 0. The SMILES string of the molecule is O=CC(=O)C(=O)C(=O)C(=O)C(=O)C(=O)c1ccccc1. The summed E-state index contributed by atoms with van der Waals surface area (Å²) in [6.45, 7) is 0. The monoisotopic (exact) mass is 274 g/mol. The Morgan fingerprint density at radius 1 is 0.700 bits per heavy atom. The molecule has 0 aliphatic carbocycles. The first kappa shape index (κ1) is 15.0. The van der Waals surface area contributed by atoms with Crippen LogP contribution in [0.25, 0.3) is 0 Å². The normalized spacial score (nSPS) is 9.40. The van der Waals surface area contributed by atoms with Crippen LogP contribution in [-0.2, 0) is 28.8 Å². The summed E-state index contributed by atoms with van der Waals surface area (Å²) in [6.07, 6.45) is -0.461. The molecular weight excluding hydrogens is 268 g/mol. The average Bonchev–Trinajstić information content (AvgIpc) is 2.51. The van der Waals surface area contributed by atoms with E-state index in [1.165, 1.54) is 24.3 Å². The van der Waals surface area contributed by atoms with Crippen molar-refractivity contribution in [2.24, 2.45) is 0 Å². The number of carbonyl (C=O) groups excluding carboxylic acids is 7. The molecule has 0 aliphatic heterocycles. The van der Waals surface area contributed by atoms with Gasteiger partial charge in [-0.05, 0) is 0 Å². The average molecular weight is 274 g/mol. The zero-order valence-corrected chi connectivity index (χ0v) is 9.82. The molecule has 1 aromatic rings. The molecule has 0 spiro atoms. The first-order chi connectivity index (χ1) is 9.40. The molecule has 7 nitrogen and oxygen atoms in total. The first-order valence-corrected chi connectivity index (χ1v) is 5.16. The predicted molar refractivity (Wildman–Crippen MR) is 61.9 cm³/mol. The lowest BCUT2D eigenvalue weighted by atomic mass is 10.0. The van der Waals surface area contributed by atoms with Gasteiger partial charge < -0.3 is 0 Å². The van der Waals surface area contributed by atoms with Crippen molar-refractivity contribution in [3.8, 4) is 0 Å². The summed E-state index contributed by atoms with van der Waals surface area (Å²) in [6, 6.07) is 6.87. The summed E-state index contributed by atoms with van der Waals surface area (Å²) in [7, 11) is 0. The Kier molecular flexibility index (Phi) is 4.63. The van der Waals surface area contributed by atoms with E-state index in [2.05, 4.69) is 0 Å². The number of rotatable bonds is 7. The van der Waals surface area contributed by atoms with Crippen LogP contribution in [0.2, 0.25) is 0 Å². The highest BCUT2D eigenvalue weighted by Gasteiger charge is 2.36. The van der Waals surface area contributed by atoms with Gasteiger partial charge in [-0.2, -0.15) is 0 Å². The molecule has 0 radical (unpaired) electrons. The third-order valence-corrected chi connectivity index (χ3v) is 2.19. The fraction of sp³-hybridized carbons (Fsp3) is 0. The van der Waals surface area contributed by atoms with Crippen molar-refractivity contribution in [1.82, 2.24) is 0 Å². The lowest BCUT2D eigenvalue weighted by Gasteiger charge is -1.97. The van der Waals surface area contributed by atoms with Crippen molar-refractivity contribution in [2.75, 3.05) is 0 Å². The molecule has 0 atom stereocenters. The second kappa shape index (κ2) is 6.19. The summed E-state index contributed by atoms with van der Waals surface area (Å²) in [4.78, 5) is 77.1. The lowest BCUT2D eigenvalue weighted by molar-refractivity contribution is -0.150. The lowest BCUT2D eigenvalue weighted by Crippen LogP contribution is -2.38. The van der Waals surface area contributed by atoms with Crippen LogP contribution in [0.3, 0.4) is 0 Å². The zero-order valence-electron chi connectivity index (χ0n) is 9.82. The van der Waals surface area contributed by atoms with Gasteiger partial charge in [0.25, 0.3) is 28.9 Å². The molecule has 100 valence electrons. The van der Waals surface area contributed by atoms with E-state index in [1.807, 2.05) is 0 Å². The molecule has 0 aliphatic rings. The summed E-state index contributed by atoms with van der Waals surface area (Å²) in [5.41, 5.74) is -0.146. The van der Waals surface area contributed by atoms with Gasteiger partial charge in [-0.25, -0.2) is 0 Å². The van der Waals surface area contributed by atoms with Gasteiger partial charge in [0.15, 0.2) is 6.29 Å². The van der Waals surface area contributed by atoms with Gasteiger partial charge in [-0.3, -0.25) is 33.6 Å². The van der Waals surface area contributed by atoms with Crippen molar-refractivity contribution in [3.63, 3.8) is 0 Å². The van der Waals surface area contributed by atoms with Gasteiger partial charge >= 0.3 is 0 Å². The third-order valence-electron chi connectivity index (χ3n) is 2.19. The Labute approximate surface area is 111 Å². The Balaban J connectivity index is 2.93. The number of benzene rings is 1. The van der Waals surface area contributed by atoms with Crippen molar-refractivity contribution in [1.29, 1.82) is 0 Å². The fourth-order valence-corrected chi connectivity index (χ4v) is 1.20. The van der Waals surface area contributed by atoms with E-state index in [9.17, 15) is 33.6 Å². The number of hydrogen-bond acceptors (Lipinski definition) is 7. The summed E-state index contributed by atoms with van der Waals surface area (Å²) >= 11 is 0. The molecule has 7 heteroatoms. The molecule has 0 amide bonds. The van der Waals surface area contributed by atoms with Gasteiger partial charge in [0.05, 0.1) is 0 Å². The third kappa shape index (κ3) is 3.02. The predicted octanol–water partition coefficient (Wildman–Crippen LogP) is -1.09. The van der Waals surface area contributed by atoms with E-state index in [1.54, 1.807) is 6.07 Å². The maximum Gasteiger partial charge on any atom is 0.281 e. The molecule has 0 bridgehead atoms. The minimum Gasteiger partial charge on any atom is -0.294 e. The first-order valence-electron chi connectivity index (χ1n) is 5.16. The smallest absolute Gasteiger partial charge is 0.281 e. The van der Waals surface area contributed by atoms with Gasteiger partial charge in [-0.15, -0.1) is 0 Å².